The highest BCUT2D eigenvalue weighted by atomic mass is 35.5. The molecule has 10 heteroatoms. The third-order valence-electron chi connectivity index (χ3n) is 3.35. The maximum atomic E-state index is 12.3. The summed E-state index contributed by atoms with van der Waals surface area (Å²) in [5.41, 5.74) is 0.383. The fraction of sp³-hybridized carbons (Fsp3) is 0.222. The predicted octanol–water partition coefficient (Wildman–Crippen LogP) is 4.69. The lowest BCUT2D eigenvalue weighted by Gasteiger charge is -2.14. The first-order valence-corrected chi connectivity index (χ1v) is 8.72. The second-order valence-corrected chi connectivity index (χ2v) is 6.48. The standard InChI is InChI=1S/C18H15Cl2F3N2O3/c19-12-3-1-11(2-4-12)17(27)24-8-7-16(26)25-14-9-13(20)5-6-15(14)28-10-18(21,22)23/h1-6,9H,7-8,10H2,(H,24,27)(H,25,26). The zero-order valence-electron chi connectivity index (χ0n) is 14.3. The van der Waals surface area contributed by atoms with Crippen molar-refractivity contribution in [3.8, 4) is 5.75 Å². The van der Waals surface area contributed by atoms with Gasteiger partial charge in [-0.15, -0.1) is 0 Å². The van der Waals surface area contributed by atoms with Crippen LogP contribution in [0.25, 0.3) is 0 Å². The molecular weight excluding hydrogens is 420 g/mol. The van der Waals surface area contributed by atoms with Crippen molar-refractivity contribution < 1.29 is 27.5 Å². The Bertz CT molecular complexity index is 843. The van der Waals surface area contributed by atoms with E-state index in [2.05, 4.69) is 15.4 Å². The Hall–Kier alpha value is -2.45. The molecule has 0 saturated carbocycles. The fourth-order valence-electron chi connectivity index (χ4n) is 2.09. The summed E-state index contributed by atoms with van der Waals surface area (Å²) in [7, 11) is 0. The van der Waals surface area contributed by atoms with Gasteiger partial charge < -0.3 is 15.4 Å². The van der Waals surface area contributed by atoms with E-state index in [1.165, 1.54) is 30.3 Å². The average molecular weight is 435 g/mol. The Kier molecular flexibility index (Phi) is 7.53. The molecule has 0 bridgehead atoms. The van der Waals surface area contributed by atoms with Crippen molar-refractivity contribution in [1.29, 1.82) is 0 Å². The number of hydrogen-bond donors (Lipinski definition) is 2. The first-order valence-electron chi connectivity index (χ1n) is 7.97. The summed E-state index contributed by atoms with van der Waals surface area (Å²) < 4.78 is 41.7. The van der Waals surface area contributed by atoms with Gasteiger partial charge in [0, 0.05) is 28.6 Å². The fourth-order valence-corrected chi connectivity index (χ4v) is 2.39. The maximum absolute atomic E-state index is 12.3. The lowest BCUT2D eigenvalue weighted by Crippen LogP contribution is -2.27. The molecule has 2 aromatic rings. The number of rotatable bonds is 7. The summed E-state index contributed by atoms with van der Waals surface area (Å²) in [6.07, 6.45) is -4.63. The Morgan fingerprint density at radius 3 is 2.29 bits per heavy atom. The van der Waals surface area contributed by atoms with Crippen molar-refractivity contribution in [2.24, 2.45) is 0 Å². The third-order valence-corrected chi connectivity index (χ3v) is 3.84. The summed E-state index contributed by atoms with van der Waals surface area (Å²) in [6.45, 7) is -1.48. The van der Waals surface area contributed by atoms with Crippen LogP contribution in [0.15, 0.2) is 42.5 Å². The predicted molar refractivity (Wildman–Crippen MR) is 100 cm³/mol. The number of halogens is 5. The van der Waals surface area contributed by atoms with E-state index in [1.54, 1.807) is 12.1 Å². The first kappa shape index (κ1) is 21.8. The van der Waals surface area contributed by atoms with Crippen molar-refractivity contribution in [2.45, 2.75) is 12.6 Å². The molecule has 0 heterocycles. The van der Waals surface area contributed by atoms with E-state index >= 15 is 0 Å². The van der Waals surface area contributed by atoms with Crippen molar-refractivity contribution in [3.63, 3.8) is 0 Å². The van der Waals surface area contributed by atoms with Crippen molar-refractivity contribution in [1.82, 2.24) is 5.32 Å². The molecule has 5 nitrogen and oxygen atoms in total. The van der Waals surface area contributed by atoms with Crippen molar-refractivity contribution in [2.75, 3.05) is 18.5 Å². The van der Waals surface area contributed by atoms with Crippen LogP contribution in [0, 0.1) is 0 Å². The van der Waals surface area contributed by atoms with Crippen LogP contribution < -0.4 is 15.4 Å². The number of alkyl halides is 3. The van der Waals surface area contributed by atoms with E-state index in [0.29, 0.717) is 10.6 Å². The molecule has 0 aliphatic carbocycles. The quantitative estimate of drug-likeness (QED) is 0.663. The lowest BCUT2D eigenvalue weighted by atomic mass is 10.2. The van der Waals surface area contributed by atoms with E-state index in [4.69, 9.17) is 23.2 Å². The summed E-state index contributed by atoms with van der Waals surface area (Å²) in [6, 6.07) is 10.0. The summed E-state index contributed by atoms with van der Waals surface area (Å²) in [5, 5.41) is 5.68. The number of ether oxygens (including phenoxy) is 1. The highest BCUT2D eigenvalue weighted by molar-refractivity contribution is 6.31. The van der Waals surface area contributed by atoms with E-state index in [0.717, 1.165) is 0 Å². The third kappa shape index (κ3) is 7.28. The number of nitrogens with one attached hydrogen (secondary N) is 2. The highest BCUT2D eigenvalue weighted by Crippen LogP contribution is 2.29. The van der Waals surface area contributed by atoms with Gasteiger partial charge in [-0.1, -0.05) is 23.2 Å². The second-order valence-electron chi connectivity index (χ2n) is 5.61. The van der Waals surface area contributed by atoms with Gasteiger partial charge >= 0.3 is 6.18 Å². The van der Waals surface area contributed by atoms with Gasteiger partial charge in [0.2, 0.25) is 5.91 Å². The normalized spacial score (nSPS) is 11.0. The number of carbonyl (C=O) groups excluding carboxylic acids is 2. The summed E-state index contributed by atoms with van der Waals surface area (Å²) in [5.74, 6) is -1.09. The van der Waals surface area contributed by atoms with Crippen molar-refractivity contribution >= 4 is 40.7 Å². The van der Waals surface area contributed by atoms with Crippen LogP contribution >= 0.6 is 23.2 Å². The molecule has 28 heavy (non-hydrogen) atoms. The van der Waals surface area contributed by atoms with E-state index in [9.17, 15) is 22.8 Å². The molecule has 150 valence electrons. The van der Waals surface area contributed by atoms with Crippen LogP contribution in [0.4, 0.5) is 18.9 Å². The molecule has 0 atom stereocenters. The van der Waals surface area contributed by atoms with Gasteiger partial charge in [0.15, 0.2) is 6.61 Å². The number of amides is 2. The molecule has 0 spiro atoms. The molecule has 0 unspecified atom stereocenters. The van der Waals surface area contributed by atoms with Gasteiger partial charge in [0.1, 0.15) is 5.75 Å². The minimum Gasteiger partial charge on any atom is -0.482 e. The number of anilines is 1. The van der Waals surface area contributed by atoms with Gasteiger partial charge in [-0.25, -0.2) is 0 Å². The zero-order valence-corrected chi connectivity index (χ0v) is 15.8. The van der Waals surface area contributed by atoms with Gasteiger partial charge in [-0.2, -0.15) is 13.2 Å². The molecule has 0 aliphatic rings. The van der Waals surface area contributed by atoms with Crippen LogP contribution in [0.1, 0.15) is 16.8 Å². The van der Waals surface area contributed by atoms with E-state index in [1.807, 2.05) is 0 Å². The molecule has 2 aromatic carbocycles. The number of carbonyl (C=O) groups is 2. The smallest absolute Gasteiger partial charge is 0.422 e. The van der Waals surface area contributed by atoms with E-state index < -0.39 is 18.7 Å². The Morgan fingerprint density at radius 2 is 1.64 bits per heavy atom. The van der Waals surface area contributed by atoms with Crippen LogP contribution in [-0.4, -0.2) is 31.1 Å². The zero-order chi connectivity index (χ0) is 20.7. The van der Waals surface area contributed by atoms with Gasteiger partial charge in [-0.3, -0.25) is 9.59 Å². The molecule has 0 aromatic heterocycles. The van der Waals surface area contributed by atoms with Crippen LogP contribution in [-0.2, 0) is 4.79 Å². The molecule has 2 rings (SSSR count). The van der Waals surface area contributed by atoms with E-state index in [-0.39, 0.29) is 35.3 Å². The molecule has 2 amide bonds. The SMILES string of the molecule is O=C(CCNC(=O)c1ccc(Cl)cc1)Nc1cc(Cl)ccc1OCC(F)(F)F. The molecule has 0 saturated heterocycles. The topological polar surface area (TPSA) is 67.4 Å². The molecule has 2 N–H and O–H groups in total. The number of benzene rings is 2. The largest absolute Gasteiger partial charge is 0.482 e. The average Bonchev–Trinajstić information content (AvgIpc) is 2.60. The van der Waals surface area contributed by atoms with Crippen LogP contribution in [0.5, 0.6) is 5.75 Å². The maximum Gasteiger partial charge on any atom is 0.422 e. The van der Waals surface area contributed by atoms with Crippen molar-refractivity contribution in [3.05, 3.63) is 58.1 Å². The minimum absolute atomic E-state index is 0.00535. The Morgan fingerprint density at radius 1 is 1.00 bits per heavy atom. The molecular formula is C18H15Cl2F3N2O3. The molecule has 0 aliphatic heterocycles. The second kappa shape index (κ2) is 9.66. The monoisotopic (exact) mass is 434 g/mol. The molecule has 0 fully saturated rings. The Labute approximate surface area is 168 Å². The first-order chi connectivity index (χ1) is 13.1. The molecule has 0 radical (unpaired) electrons. The lowest BCUT2D eigenvalue weighted by molar-refractivity contribution is -0.153. The highest BCUT2D eigenvalue weighted by Gasteiger charge is 2.29. The summed E-state index contributed by atoms with van der Waals surface area (Å²) >= 11 is 11.6. The van der Waals surface area contributed by atoms with Crippen LogP contribution in [0.3, 0.4) is 0 Å². The summed E-state index contributed by atoms with van der Waals surface area (Å²) in [4.78, 5) is 24.0. The van der Waals surface area contributed by atoms with Crippen LogP contribution in [0.2, 0.25) is 10.0 Å². The minimum atomic E-state index is -4.52. The van der Waals surface area contributed by atoms with Gasteiger partial charge in [0.05, 0.1) is 5.69 Å². The van der Waals surface area contributed by atoms with Gasteiger partial charge in [0.25, 0.3) is 5.91 Å². The Balaban J connectivity index is 1.89. The number of hydrogen-bond acceptors (Lipinski definition) is 3. The van der Waals surface area contributed by atoms with Gasteiger partial charge in [-0.05, 0) is 42.5 Å².